The number of thiophene rings is 1. The van der Waals surface area contributed by atoms with Crippen LogP contribution in [0.2, 0.25) is 0 Å². The summed E-state index contributed by atoms with van der Waals surface area (Å²) in [5.74, 6) is -0.933. The van der Waals surface area contributed by atoms with Crippen LogP contribution in [0.15, 0.2) is 72.0 Å². The predicted molar refractivity (Wildman–Crippen MR) is 138 cm³/mol. The van der Waals surface area contributed by atoms with Gasteiger partial charge in [0.1, 0.15) is 12.4 Å². The SMILES string of the molecule is Cc1ccc(-c2ccc(N3C(=O)C(O)=C(C(=O)CC(C)C)C3c3ccccc3OCCO)cc2)s1. The van der Waals surface area contributed by atoms with Crippen molar-refractivity contribution in [2.24, 2.45) is 5.92 Å². The third-order valence-electron chi connectivity index (χ3n) is 5.83. The number of nitrogens with zero attached hydrogens (tertiary/aromatic N) is 1. The fourth-order valence-electron chi connectivity index (χ4n) is 4.30. The summed E-state index contributed by atoms with van der Waals surface area (Å²) in [6, 6.07) is 17.9. The molecule has 1 atom stereocenters. The lowest BCUT2D eigenvalue weighted by Crippen LogP contribution is -2.31. The number of Topliss-reactive ketones (excluding diaryl/α,β-unsaturated/α-hetero) is 1. The number of amides is 1. The highest BCUT2D eigenvalue weighted by Gasteiger charge is 2.45. The van der Waals surface area contributed by atoms with E-state index in [1.807, 2.05) is 38.1 Å². The number of para-hydroxylation sites is 1. The summed E-state index contributed by atoms with van der Waals surface area (Å²) in [6.45, 7) is 5.78. The van der Waals surface area contributed by atoms with E-state index in [9.17, 15) is 19.8 Å². The molecule has 0 radical (unpaired) electrons. The van der Waals surface area contributed by atoms with E-state index in [2.05, 4.69) is 19.1 Å². The van der Waals surface area contributed by atoms with E-state index in [4.69, 9.17) is 4.74 Å². The molecule has 0 bridgehead atoms. The third-order valence-corrected chi connectivity index (χ3v) is 6.88. The van der Waals surface area contributed by atoms with E-state index in [1.54, 1.807) is 35.6 Å². The average Bonchev–Trinajstić information content (AvgIpc) is 3.38. The van der Waals surface area contributed by atoms with Gasteiger partial charge in [0.25, 0.3) is 5.91 Å². The molecule has 2 heterocycles. The lowest BCUT2D eigenvalue weighted by atomic mass is 9.91. The Morgan fingerprint density at radius 1 is 1.09 bits per heavy atom. The monoisotopic (exact) mass is 491 g/mol. The van der Waals surface area contributed by atoms with Gasteiger partial charge < -0.3 is 14.9 Å². The Morgan fingerprint density at radius 2 is 1.80 bits per heavy atom. The molecule has 4 rings (SSSR count). The predicted octanol–water partition coefficient (Wildman–Crippen LogP) is 5.61. The minimum atomic E-state index is -0.849. The number of hydrogen-bond donors (Lipinski definition) is 2. The van der Waals surface area contributed by atoms with E-state index in [0.29, 0.717) is 17.0 Å². The molecule has 3 aromatic rings. The molecule has 0 aliphatic carbocycles. The van der Waals surface area contributed by atoms with E-state index in [0.717, 1.165) is 10.4 Å². The number of rotatable bonds is 9. The molecule has 35 heavy (non-hydrogen) atoms. The number of ether oxygens (including phenoxy) is 1. The molecule has 0 fully saturated rings. The smallest absolute Gasteiger partial charge is 0.294 e. The maximum absolute atomic E-state index is 13.4. The zero-order chi connectivity index (χ0) is 25.1. The Kier molecular flexibility index (Phi) is 7.38. The van der Waals surface area contributed by atoms with Crippen LogP contribution in [0.3, 0.4) is 0 Å². The highest BCUT2D eigenvalue weighted by atomic mass is 32.1. The molecule has 2 N–H and O–H groups in total. The second kappa shape index (κ2) is 10.5. The topological polar surface area (TPSA) is 87.1 Å². The minimum Gasteiger partial charge on any atom is -0.503 e. The van der Waals surface area contributed by atoms with Crippen LogP contribution in [-0.2, 0) is 9.59 Å². The highest BCUT2D eigenvalue weighted by Crippen LogP contribution is 2.45. The Hall–Kier alpha value is -3.42. The molecule has 182 valence electrons. The van der Waals surface area contributed by atoms with Crippen molar-refractivity contribution in [2.75, 3.05) is 18.1 Å². The van der Waals surface area contributed by atoms with Gasteiger partial charge in [-0.2, -0.15) is 0 Å². The van der Waals surface area contributed by atoms with Crippen molar-refractivity contribution in [1.82, 2.24) is 0 Å². The second-order valence-corrected chi connectivity index (χ2v) is 10.2. The van der Waals surface area contributed by atoms with Crippen LogP contribution in [0, 0.1) is 12.8 Å². The molecule has 0 saturated heterocycles. The first kappa shape index (κ1) is 24.7. The van der Waals surface area contributed by atoms with Crippen molar-refractivity contribution < 1.29 is 24.5 Å². The molecule has 0 spiro atoms. The third kappa shape index (κ3) is 5.01. The van der Waals surface area contributed by atoms with Crippen molar-refractivity contribution >= 4 is 28.7 Å². The summed E-state index contributed by atoms with van der Waals surface area (Å²) < 4.78 is 5.74. The van der Waals surface area contributed by atoms with Crippen molar-refractivity contribution in [3.8, 4) is 16.2 Å². The Bertz CT molecular complexity index is 1260. The van der Waals surface area contributed by atoms with Gasteiger partial charge in [-0.05, 0) is 48.7 Å². The largest absolute Gasteiger partial charge is 0.503 e. The van der Waals surface area contributed by atoms with Gasteiger partial charge in [0.05, 0.1) is 18.2 Å². The number of aryl methyl sites for hydroxylation is 1. The minimum absolute atomic E-state index is 0.0574. The highest BCUT2D eigenvalue weighted by molar-refractivity contribution is 7.15. The Morgan fingerprint density at radius 3 is 2.43 bits per heavy atom. The van der Waals surface area contributed by atoms with Gasteiger partial charge in [0, 0.05) is 27.4 Å². The number of hydrogen-bond acceptors (Lipinski definition) is 6. The summed E-state index contributed by atoms with van der Waals surface area (Å²) in [5, 5.41) is 20.2. The molecule has 1 aliphatic rings. The molecule has 2 aromatic carbocycles. The molecule has 7 heteroatoms. The van der Waals surface area contributed by atoms with Gasteiger partial charge in [-0.3, -0.25) is 14.5 Å². The Balaban J connectivity index is 1.80. The van der Waals surface area contributed by atoms with Crippen molar-refractivity contribution in [2.45, 2.75) is 33.2 Å². The zero-order valence-corrected chi connectivity index (χ0v) is 20.8. The van der Waals surface area contributed by atoms with Crippen LogP contribution in [0.4, 0.5) is 5.69 Å². The van der Waals surface area contributed by atoms with E-state index >= 15 is 0 Å². The number of anilines is 1. The lowest BCUT2D eigenvalue weighted by molar-refractivity contribution is -0.118. The van der Waals surface area contributed by atoms with Crippen LogP contribution in [0.25, 0.3) is 10.4 Å². The van der Waals surface area contributed by atoms with Gasteiger partial charge in [-0.1, -0.05) is 44.2 Å². The fraction of sp³-hybridized carbons (Fsp3) is 0.286. The second-order valence-electron chi connectivity index (χ2n) is 8.93. The van der Waals surface area contributed by atoms with Crippen LogP contribution in [-0.4, -0.2) is 35.1 Å². The van der Waals surface area contributed by atoms with Gasteiger partial charge in [-0.15, -0.1) is 11.3 Å². The summed E-state index contributed by atoms with van der Waals surface area (Å²) >= 11 is 1.69. The number of aliphatic hydroxyl groups is 2. The van der Waals surface area contributed by atoms with Crippen LogP contribution in [0.1, 0.15) is 36.8 Å². The van der Waals surface area contributed by atoms with Gasteiger partial charge in [0.2, 0.25) is 0 Å². The first-order valence-corrected chi connectivity index (χ1v) is 12.4. The zero-order valence-electron chi connectivity index (χ0n) is 20.0. The summed E-state index contributed by atoms with van der Waals surface area (Å²) in [6.07, 6.45) is 0.202. The first-order valence-electron chi connectivity index (χ1n) is 11.6. The molecule has 1 unspecified atom stereocenters. The summed E-state index contributed by atoms with van der Waals surface area (Å²) in [7, 11) is 0. The lowest BCUT2D eigenvalue weighted by Gasteiger charge is -2.28. The van der Waals surface area contributed by atoms with E-state index in [-0.39, 0.29) is 36.9 Å². The van der Waals surface area contributed by atoms with Gasteiger partial charge in [-0.25, -0.2) is 0 Å². The number of aliphatic hydroxyl groups excluding tert-OH is 2. The number of benzene rings is 2. The van der Waals surface area contributed by atoms with Gasteiger partial charge >= 0.3 is 0 Å². The maximum atomic E-state index is 13.4. The molecular formula is C28H29NO5S. The van der Waals surface area contributed by atoms with Crippen molar-refractivity contribution in [3.63, 3.8) is 0 Å². The van der Waals surface area contributed by atoms with Crippen LogP contribution >= 0.6 is 11.3 Å². The van der Waals surface area contributed by atoms with Crippen molar-refractivity contribution in [1.29, 1.82) is 0 Å². The average molecular weight is 492 g/mol. The molecule has 1 aliphatic heterocycles. The first-order chi connectivity index (χ1) is 16.8. The molecule has 6 nitrogen and oxygen atoms in total. The molecule has 0 saturated carbocycles. The maximum Gasteiger partial charge on any atom is 0.294 e. The standard InChI is InChI=1S/C28H29NO5S/c1-17(2)16-22(31)25-26(21-6-4-5-7-23(21)34-15-14-30)29(28(33)27(25)32)20-11-9-19(10-12-20)24-13-8-18(3)35-24/h4-13,17,26,30,32H,14-16H2,1-3H3. The quantitative estimate of drug-likeness (QED) is 0.406. The molecule has 1 aromatic heterocycles. The molecular weight excluding hydrogens is 462 g/mol. The van der Waals surface area contributed by atoms with Crippen molar-refractivity contribution in [3.05, 3.63) is 82.4 Å². The number of ketones is 1. The summed E-state index contributed by atoms with van der Waals surface area (Å²) in [5.41, 5.74) is 2.23. The van der Waals surface area contributed by atoms with Crippen LogP contribution in [0.5, 0.6) is 5.75 Å². The Labute approximate surface area is 209 Å². The van der Waals surface area contributed by atoms with Gasteiger partial charge in [0.15, 0.2) is 11.5 Å². The number of carbonyl (C=O) groups is 2. The molecule has 1 amide bonds. The number of carbonyl (C=O) groups excluding carboxylic acids is 2. The van der Waals surface area contributed by atoms with E-state index in [1.165, 1.54) is 9.78 Å². The normalized spacial score (nSPS) is 15.9. The van der Waals surface area contributed by atoms with Crippen LogP contribution < -0.4 is 9.64 Å². The fourth-order valence-corrected chi connectivity index (χ4v) is 5.17. The summed E-state index contributed by atoms with van der Waals surface area (Å²) in [4.78, 5) is 30.4. The van der Waals surface area contributed by atoms with E-state index < -0.39 is 17.7 Å².